The van der Waals surface area contributed by atoms with E-state index in [0.717, 1.165) is 18.0 Å². The molecule has 76 valence electrons. The van der Waals surface area contributed by atoms with Gasteiger partial charge in [-0.25, -0.2) is 8.78 Å². The highest BCUT2D eigenvalue weighted by molar-refractivity contribution is 5.80. The Kier molecular flexibility index (Phi) is 3.59. The summed E-state index contributed by atoms with van der Waals surface area (Å²) in [5.41, 5.74) is 0.740. The molecule has 0 spiro atoms. The topological polar surface area (TPSA) is 36.0 Å². The van der Waals surface area contributed by atoms with E-state index in [1.165, 1.54) is 6.07 Å². The van der Waals surface area contributed by atoms with Gasteiger partial charge in [-0.15, -0.1) is 0 Å². The van der Waals surface area contributed by atoms with Crippen LogP contribution in [0.15, 0.2) is 30.3 Å². The molecule has 4 heteroatoms. The molecular formula is C10H11F2NO. The number of aliphatic hydroxyl groups excluding tert-OH is 1. The lowest BCUT2D eigenvalue weighted by Crippen LogP contribution is -1.80. The second-order valence-corrected chi connectivity index (χ2v) is 2.61. The standard InChI is InChI=1S/C9H7F2N.CH4O/c10-9(11)8-5-6-3-1-2-4-7(6)12-8;1-2/h1-5,9,12H;2H,1H3. The van der Waals surface area contributed by atoms with Crippen molar-refractivity contribution in [3.63, 3.8) is 0 Å². The Hall–Kier alpha value is -1.42. The van der Waals surface area contributed by atoms with E-state index in [4.69, 9.17) is 5.11 Å². The number of hydrogen-bond acceptors (Lipinski definition) is 1. The molecule has 0 aliphatic heterocycles. The maximum Gasteiger partial charge on any atom is 0.278 e. The maximum atomic E-state index is 12.2. The number of aromatic amines is 1. The van der Waals surface area contributed by atoms with E-state index in [1.807, 2.05) is 12.1 Å². The molecule has 0 saturated carbocycles. The van der Waals surface area contributed by atoms with E-state index in [1.54, 1.807) is 12.1 Å². The molecule has 0 aliphatic rings. The van der Waals surface area contributed by atoms with Gasteiger partial charge in [-0.2, -0.15) is 0 Å². The van der Waals surface area contributed by atoms with Gasteiger partial charge in [-0.3, -0.25) is 0 Å². The number of nitrogens with one attached hydrogen (secondary N) is 1. The van der Waals surface area contributed by atoms with Crippen LogP contribution >= 0.6 is 0 Å². The lowest BCUT2D eigenvalue weighted by molar-refractivity contribution is 0.147. The van der Waals surface area contributed by atoms with Crippen LogP contribution in [0.4, 0.5) is 8.78 Å². The second-order valence-electron chi connectivity index (χ2n) is 2.61. The summed E-state index contributed by atoms with van der Waals surface area (Å²) >= 11 is 0. The molecular weight excluding hydrogens is 188 g/mol. The Morgan fingerprint density at radius 3 is 2.43 bits per heavy atom. The van der Waals surface area contributed by atoms with Crippen molar-refractivity contribution < 1.29 is 13.9 Å². The van der Waals surface area contributed by atoms with Crippen molar-refractivity contribution in [2.45, 2.75) is 6.43 Å². The van der Waals surface area contributed by atoms with Gasteiger partial charge in [0.1, 0.15) is 0 Å². The van der Waals surface area contributed by atoms with Crippen LogP contribution in [-0.4, -0.2) is 17.2 Å². The predicted molar refractivity (Wildman–Crippen MR) is 51.4 cm³/mol. The first-order chi connectivity index (χ1) is 6.77. The summed E-state index contributed by atoms with van der Waals surface area (Å²) in [7, 11) is 1.00. The zero-order valence-electron chi connectivity index (χ0n) is 7.67. The quantitative estimate of drug-likeness (QED) is 0.727. The number of H-pyrrole nitrogens is 1. The van der Waals surface area contributed by atoms with Gasteiger partial charge < -0.3 is 10.1 Å². The zero-order valence-corrected chi connectivity index (χ0v) is 7.67. The van der Waals surface area contributed by atoms with Gasteiger partial charge in [0.2, 0.25) is 0 Å². The highest BCUT2D eigenvalue weighted by Crippen LogP contribution is 2.22. The first-order valence-electron chi connectivity index (χ1n) is 4.08. The van der Waals surface area contributed by atoms with Crippen LogP contribution in [0.3, 0.4) is 0 Å². The minimum Gasteiger partial charge on any atom is -0.400 e. The van der Waals surface area contributed by atoms with Crippen LogP contribution in [0.2, 0.25) is 0 Å². The van der Waals surface area contributed by atoms with Crippen LogP contribution in [-0.2, 0) is 0 Å². The van der Waals surface area contributed by atoms with E-state index in [2.05, 4.69) is 4.98 Å². The maximum absolute atomic E-state index is 12.2. The summed E-state index contributed by atoms with van der Waals surface area (Å²) < 4.78 is 24.3. The van der Waals surface area contributed by atoms with Crippen LogP contribution in [0.1, 0.15) is 12.1 Å². The van der Waals surface area contributed by atoms with E-state index in [-0.39, 0.29) is 5.69 Å². The number of halogens is 2. The smallest absolute Gasteiger partial charge is 0.278 e. The summed E-state index contributed by atoms with van der Waals surface area (Å²) in [6.07, 6.45) is -2.42. The number of alkyl halides is 2. The summed E-state index contributed by atoms with van der Waals surface area (Å²) in [5.74, 6) is 0. The first-order valence-corrected chi connectivity index (χ1v) is 4.08. The Balaban J connectivity index is 0.000000461. The number of aromatic nitrogens is 1. The van der Waals surface area contributed by atoms with Crippen molar-refractivity contribution in [3.05, 3.63) is 36.0 Å². The molecule has 2 rings (SSSR count). The average Bonchev–Trinajstić information content (AvgIpc) is 2.64. The summed E-state index contributed by atoms with van der Waals surface area (Å²) in [5, 5.41) is 7.83. The van der Waals surface area contributed by atoms with Crippen LogP contribution in [0.5, 0.6) is 0 Å². The third-order valence-corrected chi connectivity index (χ3v) is 1.79. The summed E-state index contributed by atoms with van der Waals surface area (Å²) in [4.78, 5) is 2.64. The van der Waals surface area contributed by atoms with Crippen LogP contribution < -0.4 is 0 Å². The molecule has 0 aliphatic carbocycles. The molecule has 0 atom stereocenters. The second kappa shape index (κ2) is 4.72. The minimum atomic E-state index is -2.42. The summed E-state index contributed by atoms with van der Waals surface area (Å²) in [6, 6.07) is 8.69. The lowest BCUT2D eigenvalue weighted by Gasteiger charge is -1.90. The molecule has 1 heterocycles. The molecule has 1 aromatic carbocycles. The molecule has 14 heavy (non-hydrogen) atoms. The van der Waals surface area contributed by atoms with Gasteiger partial charge in [-0.05, 0) is 17.5 Å². The summed E-state index contributed by atoms with van der Waals surface area (Å²) in [6.45, 7) is 0. The van der Waals surface area contributed by atoms with Crippen LogP contribution in [0, 0.1) is 0 Å². The monoisotopic (exact) mass is 199 g/mol. The van der Waals surface area contributed by atoms with Gasteiger partial charge in [0.25, 0.3) is 6.43 Å². The third kappa shape index (κ3) is 2.09. The molecule has 0 bridgehead atoms. The number of rotatable bonds is 1. The van der Waals surface area contributed by atoms with E-state index in [9.17, 15) is 8.78 Å². The molecule has 1 aromatic heterocycles. The van der Waals surface area contributed by atoms with Gasteiger partial charge in [0.15, 0.2) is 0 Å². The minimum absolute atomic E-state index is 0.0174. The molecule has 0 fully saturated rings. The first kappa shape index (κ1) is 10.7. The highest BCUT2D eigenvalue weighted by Gasteiger charge is 2.09. The van der Waals surface area contributed by atoms with Crippen molar-refractivity contribution >= 4 is 10.9 Å². The number of fused-ring (bicyclic) bond motifs is 1. The number of aliphatic hydroxyl groups is 1. The van der Waals surface area contributed by atoms with E-state index < -0.39 is 6.43 Å². The van der Waals surface area contributed by atoms with Crippen molar-refractivity contribution in [1.82, 2.24) is 4.98 Å². The number of para-hydroxylation sites is 1. The predicted octanol–water partition coefficient (Wildman–Crippen LogP) is 2.71. The molecule has 0 amide bonds. The molecule has 0 saturated heterocycles. The molecule has 2 aromatic rings. The Morgan fingerprint density at radius 2 is 1.86 bits per heavy atom. The largest absolute Gasteiger partial charge is 0.400 e. The fourth-order valence-corrected chi connectivity index (χ4v) is 1.21. The van der Waals surface area contributed by atoms with Gasteiger partial charge >= 0.3 is 0 Å². The van der Waals surface area contributed by atoms with E-state index >= 15 is 0 Å². The number of hydrogen-bond donors (Lipinski definition) is 2. The Morgan fingerprint density at radius 1 is 1.21 bits per heavy atom. The molecule has 2 nitrogen and oxygen atoms in total. The third-order valence-electron chi connectivity index (χ3n) is 1.79. The zero-order chi connectivity index (χ0) is 10.6. The van der Waals surface area contributed by atoms with Crippen molar-refractivity contribution in [2.24, 2.45) is 0 Å². The van der Waals surface area contributed by atoms with Crippen molar-refractivity contribution in [3.8, 4) is 0 Å². The van der Waals surface area contributed by atoms with Gasteiger partial charge in [-0.1, -0.05) is 18.2 Å². The average molecular weight is 199 g/mol. The lowest BCUT2D eigenvalue weighted by atomic mass is 10.2. The molecule has 2 N–H and O–H groups in total. The fourth-order valence-electron chi connectivity index (χ4n) is 1.21. The van der Waals surface area contributed by atoms with Gasteiger partial charge in [0.05, 0.1) is 5.69 Å². The number of benzene rings is 1. The normalized spacial score (nSPS) is 10.1. The van der Waals surface area contributed by atoms with Crippen molar-refractivity contribution in [1.29, 1.82) is 0 Å². The Bertz CT molecular complexity index is 365. The fraction of sp³-hybridized carbons (Fsp3) is 0.200. The molecule has 0 unspecified atom stereocenters. The SMILES string of the molecule is CO.FC(F)c1cc2ccccc2[nH]1. The Labute approximate surface area is 80.2 Å². The van der Waals surface area contributed by atoms with E-state index in [0.29, 0.717) is 0 Å². The van der Waals surface area contributed by atoms with Crippen LogP contribution in [0.25, 0.3) is 10.9 Å². The van der Waals surface area contributed by atoms with Crippen molar-refractivity contribution in [2.75, 3.05) is 7.11 Å². The van der Waals surface area contributed by atoms with Gasteiger partial charge in [0, 0.05) is 12.6 Å². The highest BCUT2D eigenvalue weighted by atomic mass is 19.3. The molecule has 0 radical (unpaired) electrons.